The van der Waals surface area contributed by atoms with Crippen molar-refractivity contribution < 1.29 is 66.8 Å². The fourth-order valence-electron chi connectivity index (χ4n) is 11.1. The van der Waals surface area contributed by atoms with Gasteiger partial charge in [-0.1, -0.05) is 136 Å². The maximum absolute atomic E-state index is 12.2. The molecule has 0 aliphatic heterocycles. The van der Waals surface area contributed by atoms with Gasteiger partial charge in [-0.15, -0.1) is 0 Å². The van der Waals surface area contributed by atoms with Gasteiger partial charge in [0.25, 0.3) is 16.7 Å². The van der Waals surface area contributed by atoms with E-state index in [1.54, 1.807) is 13.8 Å². The van der Waals surface area contributed by atoms with Crippen LogP contribution in [0, 0.1) is 25.7 Å². The molecule has 3 heterocycles. The van der Waals surface area contributed by atoms with Crippen molar-refractivity contribution in [3.63, 3.8) is 0 Å². The first-order valence-corrected chi connectivity index (χ1v) is 40.5. The molecule has 29 nitrogen and oxygen atoms in total. The third kappa shape index (κ3) is 59.9. The summed E-state index contributed by atoms with van der Waals surface area (Å²) in [5, 5.41) is 15.8. The summed E-state index contributed by atoms with van der Waals surface area (Å²) in [4.78, 5) is 149. The van der Waals surface area contributed by atoms with Gasteiger partial charge in [-0.05, 0) is 135 Å². The zero-order valence-electron chi connectivity index (χ0n) is 66.0. The van der Waals surface area contributed by atoms with E-state index in [-0.39, 0.29) is 64.3 Å². The number of amides is 6. The van der Waals surface area contributed by atoms with E-state index < -0.39 is 18.1 Å². The second kappa shape index (κ2) is 66.0. The van der Waals surface area contributed by atoms with E-state index in [0.717, 1.165) is 232 Å². The Bertz CT molecular complexity index is 3090. The molecule has 0 aliphatic carbocycles. The first-order chi connectivity index (χ1) is 52.3. The second-order valence-corrected chi connectivity index (χ2v) is 28.0. The second-order valence-electron chi connectivity index (χ2n) is 28.0. The monoisotopic (exact) mass is 1520 g/mol. The zero-order chi connectivity index (χ0) is 78.7. The molecule has 6 amide bonds. The molecule has 0 radical (unpaired) electrons. The van der Waals surface area contributed by atoms with Crippen molar-refractivity contribution >= 4 is 65.6 Å². The largest absolute Gasteiger partial charge is 0.466 e. The fraction of sp³-hybridized carbons (Fsp3) is 0.747. The molecule has 29 heteroatoms. The molecule has 0 aromatic carbocycles. The Balaban J connectivity index is 0.000000811. The first kappa shape index (κ1) is 96.0. The Morgan fingerprint density at radius 1 is 0.361 bits per heavy atom. The molecule has 2 unspecified atom stereocenters. The van der Waals surface area contributed by atoms with E-state index in [4.69, 9.17) is 28.4 Å². The maximum atomic E-state index is 12.2. The maximum Gasteiger partial charge on any atom is 0.321 e. The van der Waals surface area contributed by atoms with Gasteiger partial charge in [0.05, 0.1) is 26.4 Å². The summed E-state index contributed by atoms with van der Waals surface area (Å²) in [6.07, 6.45) is 37.4. The molecule has 3 rings (SSSR count). The minimum Gasteiger partial charge on any atom is -0.466 e. The van der Waals surface area contributed by atoms with E-state index in [1.165, 1.54) is 24.4 Å². The molecule has 612 valence electrons. The summed E-state index contributed by atoms with van der Waals surface area (Å²) in [5.74, 6) is 0.777. The number of rotatable bonds is 65. The molecule has 0 aliphatic rings. The van der Waals surface area contributed by atoms with Crippen LogP contribution in [0.5, 0.6) is 0 Å². The van der Waals surface area contributed by atoms with E-state index in [1.807, 2.05) is 6.92 Å². The van der Waals surface area contributed by atoms with E-state index in [0.29, 0.717) is 127 Å². The van der Waals surface area contributed by atoms with Gasteiger partial charge in [0.2, 0.25) is 17.8 Å². The van der Waals surface area contributed by atoms with Crippen LogP contribution in [0.1, 0.15) is 295 Å². The summed E-state index contributed by atoms with van der Waals surface area (Å²) in [7, 11) is 0. The molecule has 0 saturated heterocycles. The van der Waals surface area contributed by atoms with Crippen molar-refractivity contribution in [2.75, 3.05) is 88.4 Å². The molecule has 108 heavy (non-hydrogen) atoms. The highest BCUT2D eigenvalue weighted by atomic mass is 16.5. The molecule has 0 saturated carbocycles. The lowest BCUT2D eigenvalue weighted by Crippen LogP contribution is -2.31. The predicted octanol–water partition coefficient (Wildman–Crippen LogP) is 14.4. The summed E-state index contributed by atoms with van der Waals surface area (Å²) >= 11 is 0. The van der Waals surface area contributed by atoms with Crippen LogP contribution < -0.4 is 48.6 Å². The van der Waals surface area contributed by atoms with Gasteiger partial charge in [0, 0.05) is 120 Å². The van der Waals surface area contributed by atoms with E-state index in [2.05, 4.69) is 75.7 Å². The summed E-state index contributed by atoms with van der Waals surface area (Å²) in [5.41, 5.74) is 0.0997. The van der Waals surface area contributed by atoms with Crippen LogP contribution in [-0.2, 0) is 52.4 Å². The lowest BCUT2D eigenvalue weighted by molar-refractivity contribution is -0.145. The first-order valence-electron chi connectivity index (χ1n) is 40.5. The quantitative estimate of drug-likeness (QED) is 0.0144. The van der Waals surface area contributed by atoms with Gasteiger partial charge in [0.15, 0.2) is 0 Å². The SMILES string of the molecule is CCCCOC(=O)CCC(C)CCOCCCCCCCC(=O)CCCCCCCNC(=O)Nc1nc(C)cc(=O)[nH]1.Cc1cc(=O)[nH]c(NC(=O)NCCCCCCCC(=O)OCCC(C)CCC(=O)OCCCCCCCOC(=O)CCCCCOCCCCCCCCNC(=O)Nc2nccc(=O)[nH]2)n1. The number of aryl methyl sites for hydroxylation is 2. The van der Waals surface area contributed by atoms with Gasteiger partial charge in [-0.3, -0.25) is 69.3 Å². The summed E-state index contributed by atoms with van der Waals surface area (Å²) in [6, 6.07) is 2.77. The Labute approximate surface area is 640 Å². The number of carbonyl (C=O) groups is 8. The van der Waals surface area contributed by atoms with Gasteiger partial charge < -0.3 is 44.4 Å². The normalized spacial score (nSPS) is 11.5. The number of nitrogens with one attached hydrogen (secondary N) is 9. The van der Waals surface area contributed by atoms with Crippen LogP contribution in [0.4, 0.5) is 32.2 Å². The summed E-state index contributed by atoms with van der Waals surface area (Å²) in [6.45, 7) is 15.9. The molecule has 0 bridgehead atoms. The number of nitrogens with zero attached hydrogens (tertiary/aromatic N) is 3. The third-order valence-electron chi connectivity index (χ3n) is 17.7. The number of anilines is 3. The van der Waals surface area contributed by atoms with Crippen molar-refractivity contribution in [2.24, 2.45) is 11.8 Å². The molecule has 0 fully saturated rings. The minimum absolute atomic E-state index is 0.0854. The number of ketones is 1. The van der Waals surface area contributed by atoms with E-state index in [9.17, 15) is 52.7 Å². The van der Waals surface area contributed by atoms with Crippen molar-refractivity contribution in [3.8, 4) is 0 Å². The Morgan fingerprint density at radius 2 is 0.685 bits per heavy atom. The van der Waals surface area contributed by atoms with Gasteiger partial charge in [-0.2, -0.15) is 0 Å². The Hall–Kier alpha value is -8.08. The topological polar surface area (TPSA) is 401 Å². The summed E-state index contributed by atoms with van der Waals surface area (Å²) < 4.78 is 32.8. The number of Topliss-reactive ketones (excluding diaryl/α,β-unsaturated/α-hetero) is 1. The van der Waals surface area contributed by atoms with Crippen LogP contribution in [-0.4, -0.2) is 150 Å². The predicted molar refractivity (Wildman–Crippen MR) is 419 cm³/mol. The highest BCUT2D eigenvalue weighted by Gasteiger charge is 2.14. The van der Waals surface area contributed by atoms with Crippen molar-refractivity contribution in [1.29, 1.82) is 0 Å². The highest BCUT2D eigenvalue weighted by molar-refractivity contribution is 5.88. The van der Waals surface area contributed by atoms with Crippen LogP contribution >= 0.6 is 0 Å². The lowest BCUT2D eigenvalue weighted by atomic mass is 10.0. The van der Waals surface area contributed by atoms with Crippen molar-refractivity contribution in [3.05, 3.63) is 66.8 Å². The molecular weight excluding hydrogens is 1390 g/mol. The van der Waals surface area contributed by atoms with Gasteiger partial charge >= 0.3 is 42.0 Å². The van der Waals surface area contributed by atoms with Crippen LogP contribution in [0.25, 0.3) is 0 Å². The number of urea groups is 3. The lowest BCUT2D eigenvalue weighted by Gasteiger charge is -2.12. The number of hydrogen-bond donors (Lipinski definition) is 9. The van der Waals surface area contributed by atoms with E-state index >= 15 is 0 Å². The van der Waals surface area contributed by atoms with Crippen LogP contribution in [0.3, 0.4) is 0 Å². The van der Waals surface area contributed by atoms with Crippen molar-refractivity contribution in [1.82, 2.24) is 45.9 Å². The van der Waals surface area contributed by atoms with Crippen molar-refractivity contribution in [2.45, 2.75) is 298 Å². The Morgan fingerprint density at radius 3 is 1.10 bits per heavy atom. The average molecular weight is 1520 g/mol. The minimum atomic E-state index is -0.429. The molecular formula is C79H134N12O17. The fourth-order valence-corrected chi connectivity index (χ4v) is 11.1. The van der Waals surface area contributed by atoms with Crippen LogP contribution in [0.15, 0.2) is 38.8 Å². The molecule has 9 N–H and O–H groups in total. The molecule has 2 atom stereocenters. The molecule has 0 spiro atoms. The molecule has 3 aromatic rings. The number of aromatic nitrogens is 6. The zero-order valence-corrected chi connectivity index (χ0v) is 66.0. The van der Waals surface area contributed by atoms with Gasteiger partial charge in [-0.25, -0.2) is 29.3 Å². The Kier molecular flexibility index (Phi) is 58.6. The average Bonchev–Trinajstić information content (AvgIpc) is 0.893. The standard InChI is InChI=1S/C47H78N8O11.C32H56N4O6/c1-37(27-35-66-42(59)22-14-7-5-9-17-29-50-47(62)55-45-51-38(2)36-40(57)53-45)24-25-43(60)65-34-21-12-6-11-20-33-64-41(58)23-15-13-19-32-63-31-18-10-4-3-8-16-28-49-46(61)54-44-48-30-26-39(56)52-44;1-4-5-23-42-30(39)19-18-26(2)20-24-41-22-15-11-7-9-13-17-28(37)16-12-8-6-10-14-21-33-32(40)36-31-34-27(3)25-29(38)35-31/h26,30,36-37H,3-25,27-29,31-35H2,1-2H3,(H3,48,49,52,54,56,61)(H3,50,51,53,55,57,62);25-26H,4-24H2,1-3H3,(H3,33,34,35,36,38,40). The number of hydrogen-bond acceptors (Lipinski definition) is 20. The smallest absolute Gasteiger partial charge is 0.321 e. The number of ether oxygens (including phenoxy) is 6. The van der Waals surface area contributed by atoms with Gasteiger partial charge in [0.1, 0.15) is 5.78 Å². The van der Waals surface area contributed by atoms with Crippen LogP contribution in [0.2, 0.25) is 0 Å². The number of carbonyl (C=O) groups excluding carboxylic acids is 8. The number of esters is 4. The third-order valence-corrected chi connectivity index (χ3v) is 17.7. The number of H-pyrrole nitrogens is 3. The number of unbranched alkanes of at least 4 members (excludes halogenated alkanes) is 24. The number of aromatic amines is 3. The molecule has 3 aromatic heterocycles. The highest BCUT2D eigenvalue weighted by Crippen LogP contribution is 2.17.